The number of ketones is 2. The summed E-state index contributed by atoms with van der Waals surface area (Å²) >= 11 is 0. The van der Waals surface area contributed by atoms with Crippen molar-refractivity contribution >= 4 is 22.9 Å². The van der Waals surface area contributed by atoms with Crippen LogP contribution in [-0.4, -0.2) is 166 Å². The van der Waals surface area contributed by atoms with Crippen LogP contribution in [0, 0.1) is 0 Å². The Balaban J connectivity index is 2.06. The molecule has 3 rings (SSSR count). The average molecular weight is 639 g/mol. The lowest BCUT2D eigenvalue weighted by Gasteiger charge is -2.34. The summed E-state index contributed by atoms with van der Waals surface area (Å²) in [6.45, 7) is 7.55. The molecule has 0 bridgehead atoms. The minimum Gasteiger partial charge on any atom is -0.370 e. The molecule has 0 saturated heterocycles. The number of fused-ring (bicyclic) bond motifs is 2. The first-order chi connectivity index (χ1) is 21.2. The third-order valence-corrected chi connectivity index (χ3v) is 8.74. The third kappa shape index (κ3) is 11.2. The molecule has 46 heavy (non-hydrogen) atoms. The largest absolute Gasteiger partial charge is 0.370 e. The number of rotatable bonds is 18. The Bertz CT molecular complexity index is 1200. The van der Waals surface area contributed by atoms with Gasteiger partial charge in [-0.2, -0.15) is 0 Å². The van der Waals surface area contributed by atoms with E-state index in [0.717, 1.165) is 107 Å². The molecule has 0 aromatic heterocycles. The van der Waals surface area contributed by atoms with Crippen LogP contribution in [0.25, 0.3) is 0 Å². The molecule has 8 nitrogen and oxygen atoms in total. The predicted octanol–water partition coefficient (Wildman–Crippen LogP) is 4.46. The fourth-order valence-electron chi connectivity index (χ4n) is 6.38. The zero-order valence-corrected chi connectivity index (χ0v) is 31.4. The summed E-state index contributed by atoms with van der Waals surface area (Å²) in [4.78, 5) is 33.8. The van der Waals surface area contributed by atoms with Gasteiger partial charge in [0.2, 0.25) is 0 Å². The number of nitrogens with zero attached hydrogens (tertiary/aromatic N) is 6. The van der Waals surface area contributed by atoms with Crippen LogP contribution >= 0.6 is 0 Å². The second kappa shape index (κ2) is 15.0. The first-order valence-corrected chi connectivity index (χ1v) is 17.2. The van der Waals surface area contributed by atoms with E-state index in [0.29, 0.717) is 22.3 Å². The van der Waals surface area contributed by atoms with Crippen molar-refractivity contribution in [1.82, 2.24) is 0 Å². The van der Waals surface area contributed by atoms with Gasteiger partial charge in [-0.25, -0.2) is 0 Å². The number of hydrogen-bond donors (Lipinski definition) is 0. The van der Waals surface area contributed by atoms with Gasteiger partial charge in [-0.05, 0) is 12.1 Å². The van der Waals surface area contributed by atoms with Crippen LogP contribution in [0.1, 0.15) is 57.5 Å². The lowest BCUT2D eigenvalue weighted by Crippen LogP contribution is -2.40. The summed E-state index contributed by atoms with van der Waals surface area (Å²) in [7, 11) is 26.7. The van der Waals surface area contributed by atoms with Crippen molar-refractivity contribution in [2.24, 2.45) is 0 Å². The molecule has 256 valence electrons. The van der Waals surface area contributed by atoms with Gasteiger partial charge in [0.05, 0.1) is 122 Å². The standard InChI is InChI=1S/C38H66N6O2/c1-41(2,3)27-15-23-39(24-16-28-42(4,5)6)33-21-13-19-31-35(33)38(46)36-32(37(31)45)20-14-22-34(36)40(25-17-29-43(7,8)9)26-18-30-44(10,11)12/h13-14,19-22H,15-18,23-30H2,1-12H3/q+4. The first-order valence-electron chi connectivity index (χ1n) is 17.2. The summed E-state index contributed by atoms with van der Waals surface area (Å²) in [6, 6.07) is 11.8. The van der Waals surface area contributed by atoms with Crippen LogP contribution < -0.4 is 9.80 Å². The van der Waals surface area contributed by atoms with Gasteiger partial charge in [-0.3, -0.25) is 9.59 Å². The molecule has 0 fully saturated rings. The summed E-state index contributed by atoms with van der Waals surface area (Å²) < 4.78 is 3.58. The quantitative estimate of drug-likeness (QED) is 0.193. The lowest BCUT2D eigenvalue weighted by molar-refractivity contribution is -0.870. The molecule has 0 radical (unpaired) electrons. The molecule has 0 unspecified atom stereocenters. The lowest BCUT2D eigenvalue weighted by atomic mass is 9.81. The maximum atomic E-state index is 14.8. The van der Waals surface area contributed by atoms with Crippen molar-refractivity contribution in [3.8, 4) is 0 Å². The van der Waals surface area contributed by atoms with E-state index < -0.39 is 0 Å². The zero-order valence-electron chi connectivity index (χ0n) is 31.4. The van der Waals surface area contributed by atoms with Crippen molar-refractivity contribution in [1.29, 1.82) is 0 Å². The fraction of sp³-hybridized carbons (Fsp3) is 0.632. The summed E-state index contributed by atoms with van der Waals surface area (Å²) in [5.41, 5.74) is 4.05. The third-order valence-electron chi connectivity index (χ3n) is 8.74. The molecule has 0 heterocycles. The second-order valence-electron chi connectivity index (χ2n) is 17.5. The first kappa shape index (κ1) is 37.7. The van der Waals surface area contributed by atoms with Crippen molar-refractivity contribution in [3.63, 3.8) is 0 Å². The number of benzene rings is 2. The highest BCUT2D eigenvalue weighted by Gasteiger charge is 2.36. The van der Waals surface area contributed by atoms with Crippen molar-refractivity contribution in [2.45, 2.75) is 25.7 Å². The van der Waals surface area contributed by atoms with Gasteiger partial charge in [0.1, 0.15) is 0 Å². The predicted molar refractivity (Wildman–Crippen MR) is 194 cm³/mol. The maximum Gasteiger partial charge on any atom is 0.198 e. The molecule has 0 spiro atoms. The molecule has 1 aliphatic carbocycles. The second-order valence-corrected chi connectivity index (χ2v) is 17.5. The highest BCUT2D eigenvalue weighted by Crippen LogP contribution is 2.38. The van der Waals surface area contributed by atoms with Crippen LogP contribution in [0.15, 0.2) is 36.4 Å². The molecule has 0 aliphatic heterocycles. The molecule has 2 aromatic rings. The zero-order chi connectivity index (χ0) is 34.5. The molecule has 2 aromatic carbocycles. The number of carbonyl (C=O) groups excluding carboxylic acids is 2. The number of hydrogen-bond acceptors (Lipinski definition) is 4. The van der Waals surface area contributed by atoms with Crippen molar-refractivity contribution in [2.75, 3.05) is 147 Å². The Kier molecular flexibility index (Phi) is 12.3. The van der Waals surface area contributed by atoms with Crippen molar-refractivity contribution < 1.29 is 27.5 Å². The maximum absolute atomic E-state index is 14.8. The Morgan fingerprint density at radius 3 is 0.978 bits per heavy atom. The van der Waals surface area contributed by atoms with E-state index in [4.69, 9.17) is 0 Å². The Hall–Kier alpha value is -2.78. The molecule has 0 saturated carbocycles. The van der Waals surface area contributed by atoms with Gasteiger partial charge >= 0.3 is 0 Å². The van der Waals surface area contributed by atoms with Gasteiger partial charge in [0.15, 0.2) is 11.6 Å². The van der Waals surface area contributed by atoms with Crippen LogP contribution in [0.5, 0.6) is 0 Å². The van der Waals surface area contributed by atoms with E-state index in [2.05, 4.69) is 107 Å². The van der Waals surface area contributed by atoms with Crippen LogP contribution in [-0.2, 0) is 0 Å². The van der Waals surface area contributed by atoms with E-state index in [1.54, 1.807) is 0 Å². The van der Waals surface area contributed by atoms with Crippen LogP contribution in [0.2, 0.25) is 0 Å². The Morgan fingerprint density at radius 1 is 0.435 bits per heavy atom. The number of anilines is 2. The van der Waals surface area contributed by atoms with Gasteiger partial charge in [-0.1, -0.05) is 24.3 Å². The van der Waals surface area contributed by atoms with E-state index in [9.17, 15) is 9.59 Å². The molecular formula is C38H66N6O2+4. The highest BCUT2D eigenvalue weighted by molar-refractivity contribution is 6.31. The molecule has 1 aliphatic rings. The highest BCUT2D eigenvalue weighted by atomic mass is 16.1. The summed E-state index contributed by atoms with van der Waals surface area (Å²) in [6.07, 6.45) is 4.03. The van der Waals surface area contributed by atoms with E-state index in [1.807, 2.05) is 24.3 Å². The summed E-state index contributed by atoms with van der Waals surface area (Å²) in [5, 5.41) is 0. The molecule has 0 atom stereocenters. The minimum absolute atomic E-state index is 0.0118. The van der Waals surface area contributed by atoms with E-state index in [-0.39, 0.29) is 11.6 Å². The fourth-order valence-corrected chi connectivity index (χ4v) is 6.38. The SMILES string of the molecule is C[N+](C)(C)CCCN(CCC[N+](C)(C)C)c1cccc2c1C(=O)c1c(cccc1N(CCC[N+](C)(C)C)CCC[N+](C)(C)C)C2=O. The minimum atomic E-state index is -0.0383. The van der Waals surface area contributed by atoms with Gasteiger partial charge in [0.25, 0.3) is 0 Å². The van der Waals surface area contributed by atoms with E-state index in [1.165, 1.54) is 0 Å². The van der Waals surface area contributed by atoms with Crippen LogP contribution in [0.4, 0.5) is 11.4 Å². The molecular weight excluding hydrogens is 572 g/mol. The smallest absolute Gasteiger partial charge is 0.198 e. The topological polar surface area (TPSA) is 40.6 Å². The van der Waals surface area contributed by atoms with E-state index >= 15 is 0 Å². The number of carbonyl (C=O) groups is 2. The monoisotopic (exact) mass is 639 g/mol. The van der Waals surface area contributed by atoms with Gasteiger partial charge < -0.3 is 27.7 Å². The Labute approximate surface area is 281 Å². The molecule has 0 amide bonds. The average Bonchev–Trinajstić information content (AvgIpc) is 2.91. The van der Waals surface area contributed by atoms with Crippen LogP contribution in [0.3, 0.4) is 0 Å². The Morgan fingerprint density at radius 2 is 0.717 bits per heavy atom. The van der Waals surface area contributed by atoms with Gasteiger partial charge in [0, 0.05) is 74.4 Å². The van der Waals surface area contributed by atoms with Gasteiger partial charge in [-0.15, -0.1) is 0 Å². The van der Waals surface area contributed by atoms with Crippen molar-refractivity contribution in [3.05, 3.63) is 58.7 Å². The summed E-state index contributed by atoms with van der Waals surface area (Å²) in [5.74, 6) is -0.0501. The number of quaternary nitrogens is 4. The molecule has 0 N–H and O–H groups in total. The normalized spacial score (nSPS) is 13.9. The molecule has 8 heteroatoms.